The van der Waals surface area contributed by atoms with Gasteiger partial charge in [-0.1, -0.05) is 0 Å². The van der Waals surface area contributed by atoms with Crippen LogP contribution in [-0.4, -0.2) is 16.9 Å². The lowest BCUT2D eigenvalue weighted by Gasteiger charge is -2.12. The fourth-order valence-corrected chi connectivity index (χ4v) is 5.31. The van der Waals surface area contributed by atoms with E-state index in [9.17, 15) is 14.7 Å². The second-order valence-electron chi connectivity index (χ2n) is 2.77. The number of halogens is 3. The Kier molecular flexibility index (Phi) is 4.62. The van der Waals surface area contributed by atoms with Crippen LogP contribution in [0, 0.1) is 10.7 Å². The minimum atomic E-state index is -0.706. The summed E-state index contributed by atoms with van der Waals surface area (Å²) in [6, 6.07) is 0. The SMILES string of the molecule is NC(=O)c1c(I)c(O)c(I)c(C(N)=O)c1I. The van der Waals surface area contributed by atoms with Crippen LogP contribution in [0.1, 0.15) is 20.7 Å². The molecule has 1 aromatic rings. The maximum atomic E-state index is 11.2. The number of rotatable bonds is 2. The van der Waals surface area contributed by atoms with Gasteiger partial charge in [-0.05, 0) is 67.8 Å². The highest BCUT2D eigenvalue weighted by Gasteiger charge is 2.25. The minimum Gasteiger partial charge on any atom is -0.506 e. The Morgan fingerprint density at radius 3 is 1.44 bits per heavy atom. The van der Waals surface area contributed by atoms with Crippen molar-refractivity contribution in [2.75, 3.05) is 0 Å². The van der Waals surface area contributed by atoms with Gasteiger partial charge in [0.2, 0.25) is 0 Å². The van der Waals surface area contributed by atoms with Crippen molar-refractivity contribution in [2.45, 2.75) is 0 Å². The van der Waals surface area contributed by atoms with Gasteiger partial charge in [0.25, 0.3) is 11.8 Å². The monoisotopic (exact) mass is 558 g/mol. The van der Waals surface area contributed by atoms with Gasteiger partial charge in [-0.25, -0.2) is 0 Å². The van der Waals surface area contributed by atoms with Crippen molar-refractivity contribution >= 4 is 79.6 Å². The van der Waals surface area contributed by atoms with E-state index >= 15 is 0 Å². The van der Waals surface area contributed by atoms with Crippen molar-refractivity contribution in [3.63, 3.8) is 0 Å². The fraction of sp³-hybridized carbons (Fsp3) is 0. The number of carbonyl (C=O) groups is 2. The van der Waals surface area contributed by atoms with E-state index in [-0.39, 0.29) is 16.9 Å². The van der Waals surface area contributed by atoms with Crippen LogP contribution < -0.4 is 11.5 Å². The molecule has 1 aromatic carbocycles. The summed E-state index contributed by atoms with van der Waals surface area (Å²) in [6.45, 7) is 0. The molecule has 0 aliphatic rings. The molecule has 0 saturated heterocycles. The average Bonchev–Trinajstić information content (AvgIpc) is 2.13. The first-order chi connectivity index (χ1) is 7.29. The zero-order valence-corrected chi connectivity index (χ0v) is 14.0. The van der Waals surface area contributed by atoms with E-state index in [2.05, 4.69) is 0 Å². The van der Waals surface area contributed by atoms with Crippen molar-refractivity contribution in [2.24, 2.45) is 11.5 Å². The molecule has 0 heterocycles. The number of benzene rings is 1. The topological polar surface area (TPSA) is 106 Å². The summed E-state index contributed by atoms with van der Waals surface area (Å²) >= 11 is 5.41. The molecular formula is C8H5I3N2O3. The molecule has 0 bridgehead atoms. The molecule has 8 heteroatoms. The molecule has 0 saturated carbocycles. The second kappa shape index (κ2) is 5.20. The van der Waals surface area contributed by atoms with Gasteiger partial charge in [0, 0.05) is 3.57 Å². The van der Waals surface area contributed by atoms with Crippen LogP contribution in [-0.2, 0) is 0 Å². The van der Waals surface area contributed by atoms with Gasteiger partial charge in [0.05, 0.1) is 18.3 Å². The highest BCUT2D eigenvalue weighted by molar-refractivity contribution is 14.1. The van der Waals surface area contributed by atoms with Crippen LogP contribution in [0.4, 0.5) is 0 Å². The molecular weight excluding hydrogens is 553 g/mol. The molecule has 0 radical (unpaired) electrons. The Hall–Kier alpha value is 0.150. The van der Waals surface area contributed by atoms with E-state index < -0.39 is 11.8 Å². The Balaban J connectivity index is 3.80. The summed E-state index contributed by atoms with van der Waals surface area (Å²) in [5.41, 5.74) is 10.6. The van der Waals surface area contributed by atoms with Gasteiger partial charge in [0.15, 0.2) is 0 Å². The standard InChI is InChI=1S/C8H5I3N2O3/c9-3-1(7(12)15)4(10)6(14)5(11)2(3)8(13)16/h14H,(H2,12,15)(H2,13,16). The van der Waals surface area contributed by atoms with E-state index in [1.807, 2.05) is 22.6 Å². The predicted molar refractivity (Wildman–Crippen MR) is 83.3 cm³/mol. The molecule has 0 spiro atoms. The van der Waals surface area contributed by atoms with E-state index in [1.54, 1.807) is 45.2 Å². The largest absolute Gasteiger partial charge is 0.506 e. The summed E-state index contributed by atoms with van der Waals surface area (Å²) in [5.74, 6) is -1.56. The molecule has 0 atom stereocenters. The summed E-state index contributed by atoms with van der Waals surface area (Å²) in [6.07, 6.45) is 0. The lowest BCUT2D eigenvalue weighted by Crippen LogP contribution is -2.21. The van der Waals surface area contributed by atoms with Crippen molar-refractivity contribution in [1.29, 1.82) is 0 Å². The number of phenols is 1. The van der Waals surface area contributed by atoms with Gasteiger partial charge in [-0.2, -0.15) is 0 Å². The lowest BCUT2D eigenvalue weighted by molar-refractivity contribution is 0.0998. The molecule has 2 amide bonds. The average molecular weight is 558 g/mol. The first-order valence-corrected chi connectivity index (χ1v) is 7.01. The number of carbonyl (C=O) groups excluding carboxylic acids is 2. The molecule has 0 unspecified atom stereocenters. The zero-order valence-electron chi connectivity index (χ0n) is 7.55. The zero-order chi connectivity index (χ0) is 12.6. The van der Waals surface area contributed by atoms with Crippen LogP contribution >= 0.6 is 67.8 Å². The maximum Gasteiger partial charge on any atom is 0.251 e. The van der Waals surface area contributed by atoms with E-state index in [4.69, 9.17) is 11.5 Å². The van der Waals surface area contributed by atoms with Crippen molar-refractivity contribution < 1.29 is 14.7 Å². The first-order valence-electron chi connectivity index (χ1n) is 3.78. The van der Waals surface area contributed by atoms with Crippen molar-refractivity contribution in [3.8, 4) is 5.75 Å². The van der Waals surface area contributed by atoms with Crippen LogP contribution in [0.25, 0.3) is 0 Å². The highest BCUT2D eigenvalue weighted by Crippen LogP contribution is 2.35. The maximum absolute atomic E-state index is 11.2. The fourth-order valence-electron chi connectivity index (χ4n) is 1.08. The number of amides is 2. The Morgan fingerprint density at radius 2 is 1.19 bits per heavy atom. The molecule has 5 N–H and O–H groups in total. The summed E-state index contributed by atoms with van der Waals surface area (Å²) in [7, 11) is 0. The second-order valence-corrected chi connectivity index (χ2v) is 6.01. The first kappa shape index (κ1) is 14.2. The smallest absolute Gasteiger partial charge is 0.251 e. The van der Waals surface area contributed by atoms with Crippen LogP contribution in [0.15, 0.2) is 0 Å². The van der Waals surface area contributed by atoms with E-state index in [0.717, 1.165) is 0 Å². The van der Waals surface area contributed by atoms with Crippen LogP contribution in [0.2, 0.25) is 0 Å². The van der Waals surface area contributed by atoms with E-state index in [0.29, 0.717) is 10.7 Å². The number of hydrogen-bond acceptors (Lipinski definition) is 3. The normalized spacial score (nSPS) is 10.2. The van der Waals surface area contributed by atoms with Crippen molar-refractivity contribution in [3.05, 3.63) is 21.8 Å². The van der Waals surface area contributed by atoms with Crippen LogP contribution in [0.5, 0.6) is 5.75 Å². The summed E-state index contributed by atoms with van der Waals surface area (Å²) in [5, 5.41) is 9.76. The third-order valence-electron chi connectivity index (χ3n) is 1.79. The Bertz CT molecular complexity index is 461. The lowest BCUT2D eigenvalue weighted by atomic mass is 10.1. The molecule has 0 fully saturated rings. The molecule has 0 aromatic heterocycles. The van der Waals surface area contributed by atoms with E-state index in [1.165, 1.54) is 0 Å². The summed E-state index contributed by atoms with van der Waals surface area (Å²) < 4.78 is 1.01. The molecule has 0 aliphatic carbocycles. The van der Waals surface area contributed by atoms with Gasteiger partial charge in [-0.15, -0.1) is 0 Å². The number of aromatic hydroxyl groups is 1. The van der Waals surface area contributed by atoms with Crippen LogP contribution in [0.3, 0.4) is 0 Å². The molecule has 0 aliphatic heterocycles. The minimum absolute atomic E-state index is 0.118. The third kappa shape index (κ3) is 2.37. The van der Waals surface area contributed by atoms with Gasteiger partial charge in [-0.3, -0.25) is 9.59 Å². The third-order valence-corrected chi connectivity index (χ3v) is 4.97. The molecule has 1 rings (SSSR count). The molecule has 5 nitrogen and oxygen atoms in total. The highest BCUT2D eigenvalue weighted by atomic mass is 127. The Morgan fingerprint density at radius 1 is 0.875 bits per heavy atom. The van der Waals surface area contributed by atoms with Gasteiger partial charge < -0.3 is 16.6 Å². The Labute approximate surface area is 132 Å². The van der Waals surface area contributed by atoms with Crippen molar-refractivity contribution in [1.82, 2.24) is 0 Å². The molecule has 86 valence electrons. The number of phenolic OH excluding ortho intramolecular Hbond substituents is 1. The van der Waals surface area contributed by atoms with Gasteiger partial charge >= 0.3 is 0 Å². The number of nitrogens with two attached hydrogens (primary N) is 2. The quantitative estimate of drug-likeness (QED) is 0.479. The number of hydrogen-bond donors (Lipinski definition) is 3. The predicted octanol–water partition coefficient (Wildman–Crippen LogP) is 1.40. The molecule has 16 heavy (non-hydrogen) atoms. The van der Waals surface area contributed by atoms with Gasteiger partial charge in [0.1, 0.15) is 5.75 Å². The number of primary amides is 2. The summed E-state index contributed by atoms with van der Waals surface area (Å²) in [4.78, 5) is 22.5.